The fraction of sp³-hybridized carbons (Fsp3) is 0.385. The standard InChI is InChI=1S/C13H18N2O3/c1-8(2)15-12(17)7-14-13(18)11-5-4-10(16)6-9(11)3/h4-6,8,16H,7H2,1-3H3,(H,14,18)(H,15,17). The fourth-order valence-electron chi connectivity index (χ4n) is 1.53. The van der Waals surface area contributed by atoms with Gasteiger partial charge in [0.2, 0.25) is 5.91 Å². The van der Waals surface area contributed by atoms with Gasteiger partial charge < -0.3 is 15.7 Å². The largest absolute Gasteiger partial charge is 0.508 e. The summed E-state index contributed by atoms with van der Waals surface area (Å²) in [6.45, 7) is 5.37. The van der Waals surface area contributed by atoms with Crippen molar-refractivity contribution in [3.05, 3.63) is 29.3 Å². The van der Waals surface area contributed by atoms with E-state index in [0.29, 0.717) is 11.1 Å². The maximum absolute atomic E-state index is 11.8. The first-order valence-corrected chi connectivity index (χ1v) is 5.77. The van der Waals surface area contributed by atoms with Crippen LogP contribution in [0.2, 0.25) is 0 Å². The van der Waals surface area contributed by atoms with E-state index in [1.165, 1.54) is 18.2 Å². The molecule has 0 atom stereocenters. The van der Waals surface area contributed by atoms with E-state index in [0.717, 1.165) is 0 Å². The number of hydrogen-bond donors (Lipinski definition) is 3. The number of carbonyl (C=O) groups is 2. The molecular formula is C13H18N2O3. The van der Waals surface area contributed by atoms with Crippen LogP contribution in [0.4, 0.5) is 0 Å². The normalized spacial score (nSPS) is 10.2. The van der Waals surface area contributed by atoms with E-state index in [4.69, 9.17) is 0 Å². The molecule has 0 saturated carbocycles. The molecule has 0 saturated heterocycles. The minimum atomic E-state index is -0.327. The van der Waals surface area contributed by atoms with Crippen LogP contribution in [0.25, 0.3) is 0 Å². The van der Waals surface area contributed by atoms with Gasteiger partial charge in [-0.2, -0.15) is 0 Å². The van der Waals surface area contributed by atoms with Gasteiger partial charge in [-0.25, -0.2) is 0 Å². The Hall–Kier alpha value is -2.04. The zero-order valence-corrected chi connectivity index (χ0v) is 10.8. The lowest BCUT2D eigenvalue weighted by molar-refractivity contribution is -0.120. The van der Waals surface area contributed by atoms with Gasteiger partial charge in [0.25, 0.3) is 5.91 Å². The summed E-state index contributed by atoms with van der Waals surface area (Å²) < 4.78 is 0. The lowest BCUT2D eigenvalue weighted by atomic mass is 10.1. The number of amides is 2. The maximum Gasteiger partial charge on any atom is 0.251 e. The molecule has 18 heavy (non-hydrogen) atoms. The van der Waals surface area contributed by atoms with E-state index >= 15 is 0 Å². The number of aryl methyl sites for hydroxylation is 1. The van der Waals surface area contributed by atoms with Crippen LogP contribution in [-0.4, -0.2) is 29.5 Å². The average molecular weight is 250 g/mol. The van der Waals surface area contributed by atoms with E-state index in [2.05, 4.69) is 10.6 Å². The Labute approximate surface area is 106 Å². The van der Waals surface area contributed by atoms with Gasteiger partial charge in [0.1, 0.15) is 5.75 Å². The molecule has 2 amide bonds. The van der Waals surface area contributed by atoms with Crippen molar-refractivity contribution < 1.29 is 14.7 Å². The molecule has 0 unspecified atom stereocenters. The van der Waals surface area contributed by atoms with Crippen molar-refractivity contribution in [2.24, 2.45) is 0 Å². The van der Waals surface area contributed by atoms with Gasteiger partial charge in [-0.15, -0.1) is 0 Å². The number of benzene rings is 1. The zero-order valence-electron chi connectivity index (χ0n) is 10.8. The molecule has 1 aromatic carbocycles. The van der Waals surface area contributed by atoms with Crippen molar-refractivity contribution >= 4 is 11.8 Å². The first-order chi connectivity index (χ1) is 8.40. The summed E-state index contributed by atoms with van der Waals surface area (Å²) in [5.41, 5.74) is 1.11. The van der Waals surface area contributed by atoms with Crippen LogP contribution in [0.3, 0.4) is 0 Å². The lowest BCUT2D eigenvalue weighted by Crippen LogP contribution is -2.39. The first kappa shape index (κ1) is 14.0. The van der Waals surface area contributed by atoms with Gasteiger partial charge in [0.15, 0.2) is 0 Å². The van der Waals surface area contributed by atoms with Crippen LogP contribution in [0.1, 0.15) is 29.8 Å². The molecule has 0 aliphatic heterocycles. The van der Waals surface area contributed by atoms with Crippen LogP contribution in [-0.2, 0) is 4.79 Å². The third-order valence-electron chi connectivity index (χ3n) is 2.31. The highest BCUT2D eigenvalue weighted by molar-refractivity contribution is 5.97. The van der Waals surface area contributed by atoms with Crippen LogP contribution >= 0.6 is 0 Å². The number of nitrogens with one attached hydrogen (secondary N) is 2. The predicted molar refractivity (Wildman–Crippen MR) is 68.5 cm³/mol. The topological polar surface area (TPSA) is 78.4 Å². The van der Waals surface area contributed by atoms with Gasteiger partial charge in [0.05, 0.1) is 6.54 Å². The highest BCUT2D eigenvalue weighted by Crippen LogP contribution is 2.15. The van der Waals surface area contributed by atoms with Crippen molar-refractivity contribution in [2.75, 3.05) is 6.54 Å². The Morgan fingerprint density at radius 3 is 2.56 bits per heavy atom. The smallest absolute Gasteiger partial charge is 0.251 e. The van der Waals surface area contributed by atoms with Gasteiger partial charge in [-0.1, -0.05) is 0 Å². The second-order valence-electron chi connectivity index (χ2n) is 4.40. The summed E-state index contributed by atoms with van der Waals surface area (Å²) in [4.78, 5) is 23.2. The molecular weight excluding hydrogens is 232 g/mol. The van der Waals surface area contributed by atoms with Gasteiger partial charge >= 0.3 is 0 Å². The summed E-state index contributed by atoms with van der Waals surface area (Å²) in [5.74, 6) is -0.442. The summed E-state index contributed by atoms with van der Waals surface area (Å²) >= 11 is 0. The van der Waals surface area contributed by atoms with E-state index < -0.39 is 0 Å². The third kappa shape index (κ3) is 4.08. The summed E-state index contributed by atoms with van der Waals surface area (Å²) in [6.07, 6.45) is 0. The molecule has 1 rings (SSSR count). The Morgan fingerprint density at radius 2 is 2.00 bits per heavy atom. The number of rotatable bonds is 4. The highest BCUT2D eigenvalue weighted by atomic mass is 16.3. The van der Waals surface area contributed by atoms with Crippen molar-refractivity contribution in [1.82, 2.24) is 10.6 Å². The molecule has 0 heterocycles. The van der Waals surface area contributed by atoms with Crippen LogP contribution in [0, 0.1) is 6.92 Å². The van der Waals surface area contributed by atoms with Crippen molar-refractivity contribution in [3.63, 3.8) is 0 Å². The minimum Gasteiger partial charge on any atom is -0.508 e. The van der Waals surface area contributed by atoms with Crippen molar-refractivity contribution in [2.45, 2.75) is 26.8 Å². The fourth-order valence-corrected chi connectivity index (χ4v) is 1.53. The molecule has 5 nitrogen and oxygen atoms in total. The average Bonchev–Trinajstić information content (AvgIpc) is 2.25. The number of hydrogen-bond acceptors (Lipinski definition) is 3. The second-order valence-corrected chi connectivity index (χ2v) is 4.40. The molecule has 3 N–H and O–H groups in total. The van der Waals surface area contributed by atoms with E-state index in [1.807, 2.05) is 13.8 Å². The van der Waals surface area contributed by atoms with Crippen LogP contribution in [0.5, 0.6) is 5.75 Å². The molecule has 0 fully saturated rings. The van der Waals surface area contributed by atoms with Gasteiger partial charge in [-0.05, 0) is 44.5 Å². The maximum atomic E-state index is 11.8. The molecule has 0 spiro atoms. The van der Waals surface area contributed by atoms with Crippen molar-refractivity contribution in [1.29, 1.82) is 0 Å². The summed E-state index contributed by atoms with van der Waals surface area (Å²) in [6, 6.07) is 4.52. The van der Waals surface area contributed by atoms with E-state index in [1.54, 1.807) is 6.92 Å². The van der Waals surface area contributed by atoms with Crippen LogP contribution in [0.15, 0.2) is 18.2 Å². The lowest BCUT2D eigenvalue weighted by Gasteiger charge is -2.10. The minimum absolute atomic E-state index is 0.0461. The van der Waals surface area contributed by atoms with Gasteiger partial charge in [0, 0.05) is 11.6 Å². The predicted octanol–water partition coefficient (Wildman–Crippen LogP) is 0.955. The summed E-state index contributed by atoms with van der Waals surface area (Å²) in [7, 11) is 0. The van der Waals surface area contributed by atoms with E-state index in [9.17, 15) is 14.7 Å². The monoisotopic (exact) mass is 250 g/mol. The molecule has 0 radical (unpaired) electrons. The summed E-state index contributed by atoms with van der Waals surface area (Å²) in [5, 5.41) is 14.5. The SMILES string of the molecule is Cc1cc(O)ccc1C(=O)NCC(=O)NC(C)C. The number of carbonyl (C=O) groups excluding carboxylic acids is 2. The molecule has 0 aliphatic carbocycles. The van der Waals surface area contributed by atoms with Gasteiger partial charge in [-0.3, -0.25) is 9.59 Å². The van der Waals surface area contributed by atoms with Crippen molar-refractivity contribution in [3.8, 4) is 5.75 Å². The Kier molecular flexibility index (Phi) is 4.71. The molecule has 0 bridgehead atoms. The second kappa shape index (κ2) is 6.05. The Morgan fingerprint density at radius 1 is 1.33 bits per heavy atom. The number of aromatic hydroxyl groups is 1. The number of phenols is 1. The number of phenolic OH excluding ortho intramolecular Hbond substituents is 1. The Balaban J connectivity index is 2.58. The molecule has 98 valence electrons. The zero-order chi connectivity index (χ0) is 13.7. The van der Waals surface area contributed by atoms with E-state index in [-0.39, 0.29) is 30.2 Å². The molecule has 5 heteroatoms. The van der Waals surface area contributed by atoms with Crippen LogP contribution < -0.4 is 10.6 Å². The highest BCUT2D eigenvalue weighted by Gasteiger charge is 2.11. The molecule has 1 aromatic rings. The third-order valence-corrected chi connectivity index (χ3v) is 2.31. The first-order valence-electron chi connectivity index (χ1n) is 5.77. The molecule has 0 aliphatic rings. The Bertz CT molecular complexity index is 456. The molecule has 0 aromatic heterocycles. The quantitative estimate of drug-likeness (QED) is 0.744.